The number of H-pyrrole nitrogens is 2. The average molecular weight is 182 g/mol. The second kappa shape index (κ2) is 2.69. The van der Waals surface area contributed by atoms with Crippen molar-refractivity contribution in [1.82, 2.24) is 19.9 Å². The quantitative estimate of drug-likeness (QED) is 0.697. The second-order valence-corrected chi connectivity index (χ2v) is 3.22. The summed E-state index contributed by atoms with van der Waals surface area (Å²) in [5, 5.41) is 0. The maximum absolute atomic E-state index is 10.9. The fraction of sp³-hybridized carbons (Fsp3) is 0.375. The number of rotatable bonds is 1. The third-order valence-corrected chi connectivity index (χ3v) is 1.80. The Morgan fingerprint density at radius 2 is 2.23 bits per heavy atom. The van der Waals surface area contributed by atoms with E-state index in [1.807, 2.05) is 13.8 Å². The van der Waals surface area contributed by atoms with E-state index in [0.717, 1.165) is 5.82 Å². The average Bonchev–Trinajstić information content (AvgIpc) is 2.46. The van der Waals surface area contributed by atoms with Crippen LogP contribution in [0, 0.1) is 0 Å². The van der Waals surface area contributed by atoms with Crippen LogP contribution in [0.2, 0.25) is 0 Å². The molecule has 0 aliphatic carbocycles. The standard InChI is InChI=1S/C8H10N4O.2H2/c1-4(2)6-11-7-8(12-6)10-5(13)3-9-7;;/h3-4H,1-2H3,(H2,9,10,11,12,13);2*1H. The lowest BCUT2D eigenvalue weighted by Gasteiger charge is -1.95. The van der Waals surface area contributed by atoms with E-state index in [2.05, 4.69) is 19.9 Å². The van der Waals surface area contributed by atoms with Gasteiger partial charge >= 0.3 is 0 Å². The maximum Gasteiger partial charge on any atom is 0.268 e. The van der Waals surface area contributed by atoms with Gasteiger partial charge in [-0.15, -0.1) is 0 Å². The van der Waals surface area contributed by atoms with Crippen molar-refractivity contribution in [2.45, 2.75) is 19.8 Å². The van der Waals surface area contributed by atoms with Crippen LogP contribution in [0.5, 0.6) is 0 Å². The molecular formula is C8H14N4O. The number of hydrogen-bond acceptors (Lipinski definition) is 3. The zero-order valence-corrected chi connectivity index (χ0v) is 7.46. The number of fused-ring (bicyclic) bond motifs is 1. The molecule has 13 heavy (non-hydrogen) atoms. The molecule has 0 saturated heterocycles. The van der Waals surface area contributed by atoms with E-state index in [1.165, 1.54) is 6.20 Å². The van der Waals surface area contributed by atoms with Gasteiger partial charge in [0.05, 0.1) is 6.20 Å². The number of nitrogens with zero attached hydrogens (tertiary/aromatic N) is 2. The summed E-state index contributed by atoms with van der Waals surface area (Å²) in [5.41, 5.74) is 0.936. The number of nitrogens with one attached hydrogen (secondary N) is 2. The molecule has 2 heterocycles. The number of aromatic amines is 2. The molecule has 5 nitrogen and oxygen atoms in total. The van der Waals surface area contributed by atoms with Crippen LogP contribution < -0.4 is 5.56 Å². The van der Waals surface area contributed by atoms with E-state index < -0.39 is 0 Å². The zero-order valence-electron chi connectivity index (χ0n) is 7.46. The van der Waals surface area contributed by atoms with Crippen molar-refractivity contribution in [1.29, 1.82) is 0 Å². The van der Waals surface area contributed by atoms with Gasteiger partial charge in [-0.25, -0.2) is 9.97 Å². The van der Waals surface area contributed by atoms with Gasteiger partial charge in [-0.1, -0.05) is 13.8 Å². The van der Waals surface area contributed by atoms with E-state index in [-0.39, 0.29) is 8.41 Å². The summed E-state index contributed by atoms with van der Waals surface area (Å²) in [6, 6.07) is 0. The Labute approximate surface area is 77.2 Å². The van der Waals surface area contributed by atoms with Crippen molar-refractivity contribution >= 4 is 11.3 Å². The van der Waals surface area contributed by atoms with Gasteiger partial charge < -0.3 is 9.97 Å². The summed E-state index contributed by atoms with van der Waals surface area (Å²) in [5.74, 6) is 1.14. The van der Waals surface area contributed by atoms with Crippen molar-refractivity contribution in [3.05, 3.63) is 22.4 Å². The van der Waals surface area contributed by atoms with Gasteiger partial charge in [0.2, 0.25) is 0 Å². The van der Waals surface area contributed by atoms with Crippen LogP contribution in [-0.2, 0) is 0 Å². The maximum atomic E-state index is 10.9. The van der Waals surface area contributed by atoms with E-state index in [1.54, 1.807) is 0 Å². The largest absolute Gasteiger partial charge is 0.327 e. The third kappa shape index (κ3) is 1.32. The summed E-state index contributed by atoms with van der Waals surface area (Å²) in [6.45, 7) is 4.05. The molecule has 0 spiro atoms. The van der Waals surface area contributed by atoms with E-state index in [4.69, 9.17) is 0 Å². The molecule has 0 aliphatic heterocycles. The van der Waals surface area contributed by atoms with Crippen molar-refractivity contribution in [3.8, 4) is 0 Å². The van der Waals surface area contributed by atoms with E-state index in [9.17, 15) is 4.79 Å². The van der Waals surface area contributed by atoms with Gasteiger partial charge in [-0.05, 0) is 0 Å². The monoisotopic (exact) mass is 182 g/mol. The van der Waals surface area contributed by atoms with Crippen LogP contribution in [0.1, 0.15) is 28.4 Å². The molecule has 2 aromatic heterocycles. The molecule has 2 N–H and O–H groups in total. The Hall–Kier alpha value is -1.65. The third-order valence-electron chi connectivity index (χ3n) is 1.80. The van der Waals surface area contributed by atoms with Crippen molar-refractivity contribution in [3.63, 3.8) is 0 Å². The van der Waals surface area contributed by atoms with Crippen molar-refractivity contribution in [2.24, 2.45) is 0 Å². The number of hydrogen-bond donors (Lipinski definition) is 2. The molecule has 0 saturated carbocycles. The SMILES string of the molecule is CC(C)c1nc2ncc(=O)[nH]c2[nH]1.[HH].[HH]. The molecule has 0 atom stereocenters. The van der Waals surface area contributed by atoms with Gasteiger partial charge in [0.25, 0.3) is 5.56 Å². The van der Waals surface area contributed by atoms with Gasteiger partial charge in [-0.2, -0.15) is 0 Å². The summed E-state index contributed by atoms with van der Waals surface area (Å²) < 4.78 is 0. The number of aromatic nitrogens is 4. The fourth-order valence-corrected chi connectivity index (χ4v) is 1.11. The van der Waals surface area contributed by atoms with E-state index in [0.29, 0.717) is 17.2 Å². The molecule has 0 aliphatic rings. The molecule has 0 amide bonds. The minimum atomic E-state index is -0.216. The molecule has 72 valence electrons. The van der Waals surface area contributed by atoms with Gasteiger partial charge in [-0.3, -0.25) is 4.79 Å². The Bertz CT molecular complexity index is 491. The normalized spacial score (nSPS) is 11.3. The molecule has 5 heteroatoms. The fourth-order valence-electron chi connectivity index (χ4n) is 1.11. The van der Waals surface area contributed by atoms with Crippen LogP contribution >= 0.6 is 0 Å². The first-order chi connectivity index (χ1) is 6.16. The molecule has 0 unspecified atom stereocenters. The highest BCUT2D eigenvalue weighted by molar-refractivity contribution is 5.64. The molecule has 2 aromatic rings. The summed E-state index contributed by atoms with van der Waals surface area (Å²) >= 11 is 0. The summed E-state index contributed by atoms with van der Waals surface area (Å²) in [4.78, 5) is 24.6. The first-order valence-electron chi connectivity index (χ1n) is 4.12. The van der Waals surface area contributed by atoms with Crippen LogP contribution in [0.4, 0.5) is 0 Å². The molecule has 0 bridgehead atoms. The molecule has 0 radical (unpaired) electrons. The highest BCUT2D eigenvalue weighted by Gasteiger charge is 2.06. The second-order valence-electron chi connectivity index (χ2n) is 3.22. The number of imidazole rings is 1. The Morgan fingerprint density at radius 3 is 2.92 bits per heavy atom. The molecule has 0 fully saturated rings. The van der Waals surface area contributed by atoms with Crippen LogP contribution in [0.15, 0.2) is 11.0 Å². The minimum absolute atomic E-state index is 0. The lowest BCUT2D eigenvalue weighted by Crippen LogP contribution is -2.04. The van der Waals surface area contributed by atoms with Crippen LogP contribution in [0.3, 0.4) is 0 Å². The smallest absolute Gasteiger partial charge is 0.268 e. The topological polar surface area (TPSA) is 74.4 Å². The summed E-state index contributed by atoms with van der Waals surface area (Å²) in [6.07, 6.45) is 1.23. The van der Waals surface area contributed by atoms with Crippen LogP contribution in [0.25, 0.3) is 11.3 Å². The van der Waals surface area contributed by atoms with Gasteiger partial charge in [0.15, 0.2) is 11.3 Å². The minimum Gasteiger partial charge on any atom is -0.327 e. The van der Waals surface area contributed by atoms with Crippen LogP contribution in [-0.4, -0.2) is 19.9 Å². The van der Waals surface area contributed by atoms with Crippen molar-refractivity contribution in [2.75, 3.05) is 0 Å². The predicted octanol–water partition coefficient (Wildman–Crippen LogP) is 1.26. The molecule has 2 rings (SSSR count). The first kappa shape index (κ1) is 7.97. The Kier molecular flexibility index (Phi) is 1.65. The first-order valence-corrected chi connectivity index (χ1v) is 4.12. The molecule has 0 aromatic carbocycles. The summed E-state index contributed by atoms with van der Waals surface area (Å²) in [7, 11) is 0. The highest BCUT2D eigenvalue weighted by atomic mass is 16.1. The zero-order chi connectivity index (χ0) is 9.42. The van der Waals surface area contributed by atoms with Gasteiger partial charge in [0.1, 0.15) is 5.82 Å². The Balaban J connectivity index is 0.000000980. The van der Waals surface area contributed by atoms with Gasteiger partial charge in [0, 0.05) is 8.77 Å². The van der Waals surface area contributed by atoms with Crippen molar-refractivity contribution < 1.29 is 2.85 Å². The lowest BCUT2D eigenvalue weighted by molar-refractivity contribution is 0.797. The Morgan fingerprint density at radius 1 is 1.46 bits per heavy atom. The predicted molar refractivity (Wildman–Crippen MR) is 52.8 cm³/mol. The van der Waals surface area contributed by atoms with E-state index >= 15 is 0 Å². The molecular weight excluding hydrogens is 168 g/mol. The lowest BCUT2D eigenvalue weighted by atomic mass is 10.2. The highest BCUT2D eigenvalue weighted by Crippen LogP contribution is 2.11.